The Labute approximate surface area is 94.8 Å². The second-order valence-electron chi connectivity index (χ2n) is 3.20. The number of esters is 1. The van der Waals surface area contributed by atoms with E-state index in [-0.39, 0.29) is 5.97 Å². The number of anilines is 1. The van der Waals surface area contributed by atoms with Gasteiger partial charge in [0.25, 0.3) is 0 Å². The zero-order valence-corrected chi connectivity index (χ0v) is 9.69. The van der Waals surface area contributed by atoms with Gasteiger partial charge in [-0.2, -0.15) is 0 Å². The van der Waals surface area contributed by atoms with E-state index in [1.54, 1.807) is 39.3 Å². The third-order valence-electron chi connectivity index (χ3n) is 1.97. The summed E-state index contributed by atoms with van der Waals surface area (Å²) in [4.78, 5) is 15.3. The highest BCUT2D eigenvalue weighted by Crippen LogP contribution is 2.14. The summed E-state index contributed by atoms with van der Waals surface area (Å²) in [6, 6.07) is 3.08. The highest BCUT2D eigenvalue weighted by atomic mass is 16.5. The zero-order valence-electron chi connectivity index (χ0n) is 9.69. The summed E-state index contributed by atoms with van der Waals surface area (Å²) in [5.41, 5.74) is 0.771. The average Bonchev–Trinajstić information content (AvgIpc) is 2.29. The summed E-state index contributed by atoms with van der Waals surface area (Å²) in [7, 11) is 1.54. The van der Waals surface area contributed by atoms with E-state index >= 15 is 0 Å². The number of nitrogens with one attached hydrogen (secondary N) is 1. The van der Waals surface area contributed by atoms with E-state index in [0.29, 0.717) is 12.5 Å². The standard InChI is InChI=1S/C11H16N2O3/c1-4-16-11(14)8(2)13-9-5-6-12-10(7-9)15-3/h5-8H,4H2,1-3H3,(H,12,13). The Morgan fingerprint density at radius 3 is 3.00 bits per heavy atom. The van der Waals surface area contributed by atoms with Gasteiger partial charge in [-0.25, -0.2) is 9.78 Å². The van der Waals surface area contributed by atoms with E-state index in [4.69, 9.17) is 9.47 Å². The Morgan fingerprint density at radius 2 is 2.38 bits per heavy atom. The van der Waals surface area contributed by atoms with Gasteiger partial charge in [0.1, 0.15) is 6.04 Å². The molecule has 0 bridgehead atoms. The molecule has 5 heteroatoms. The fourth-order valence-corrected chi connectivity index (χ4v) is 1.19. The van der Waals surface area contributed by atoms with Crippen molar-refractivity contribution in [2.24, 2.45) is 0 Å². The first kappa shape index (κ1) is 12.3. The first-order valence-electron chi connectivity index (χ1n) is 5.10. The molecule has 0 saturated heterocycles. The molecule has 0 aliphatic rings. The van der Waals surface area contributed by atoms with E-state index in [0.717, 1.165) is 5.69 Å². The highest BCUT2D eigenvalue weighted by Gasteiger charge is 2.13. The van der Waals surface area contributed by atoms with Crippen LogP contribution in [0.25, 0.3) is 0 Å². The number of carbonyl (C=O) groups is 1. The minimum Gasteiger partial charge on any atom is -0.481 e. The van der Waals surface area contributed by atoms with Gasteiger partial charge in [0.05, 0.1) is 13.7 Å². The molecule has 0 aromatic carbocycles. The number of nitrogens with zero attached hydrogens (tertiary/aromatic N) is 1. The van der Waals surface area contributed by atoms with Gasteiger partial charge < -0.3 is 14.8 Å². The maximum Gasteiger partial charge on any atom is 0.328 e. The Kier molecular flexibility index (Phi) is 4.57. The molecule has 0 amide bonds. The van der Waals surface area contributed by atoms with Crippen LogP contribution < -0.4 is 10.1 Å². The number of rotatable bonds is 5. The van der Waals surface area contributed by atoms with Crippen molar-refractivity contribution < 1.29 is 14.3 Å². The first-order valence-corrected chi connectivity index (χ1v) is 5.10. The topological polar surface area (TPSA) is 60.5 Å². The monoisotopic (exact) mass is 224 g/mol. The molecule has 1 unspecified atom stereocenters. The van der Waals surface area contributed by atoms with Crippen molar-refractivity contribution in [1.29, 1.82) is 0 Å². The normalized spacial score (nSPS) is 11.7. The van der Waals surface area contributed by atoms with E-state index in [9.17, 15) is 4.79 Å². The van der Waals surface area contributed by atoms with Crippen LogP contribution in [0.5, 0.6) is 5.88 Å². The van der Waals surface area contributed by atoms with Crippen LogP contribution in [0.1, 0.15) is 13.8 Å². The van der Waals surface area contributed by atoms with Crippen molar-refractivity contribution in [2.75, 3.05) is 19.0 Å². The molecule has 16 heavy (non-hydrogen) atoms. The first-order chi connectivity index (χ1) is 7.67. The van der Waals surface area contributed by atoms with Crippen molar-refractivity contribution in [1.82, 2.24) is 4.98 Å². The summed E-state index contributed by atoms with van der Waals surface area (Å²) < 4.78 is 9.86. The van der Waals surface area contributed by atoms with Crippen LogP contribution in [-0.4, -0.2) is 30.7 Å². The van der Waals surface area contributed by atoms with Gasteiger partial charge in [0.2, 0.25) is 5.88 Å². The molecule has 1 heterocycles. The Balaban J connectivity index is 2.61. The predicted octanol–water partition coefficient (Wildman–Crippen LogP) is 1.45. The van der Waals surface area contributed by atoms with Crippen LogP contribution in [0.3, 0.4) is 0 Å². The van der Waals surface area contributed by atoms with Crippen molar-refractivity contribution in [3.8, 4) is 5.88 Å². The summed E-state index contributed by atoms with van der Waals surface area (Å²) in [6.45, 7) is 3.90. The van der Waals surface area contributed by atoms with Crippen molar-refractivity contribution in [3.05, 3.63) is 18.3 Å². The number of aromatic nitrogens is 1. The Hall–Kier alpha value is -1.78. The third kappa shape index (κ3) is 3.42. The maximum atomic E-state index is 11.4. The minimum atomic E-state index is -0.396. The van der Waals surface area contributed by atoms with Gasteiger partial charge in [0, 0.05) is 18.0 Å². The lowest BCUT2D eigenvalue weighted by Crippen LogP contribution is -2.28. The largest absolute Gasteiger partial charge is 0.481 e. The molecule has 1 aromatic heterocycles. The minimum absolute atomic E-state index is 0.279. The van der Waals surface area contributed by atoms with E-state index in [2.05, 4.69) is 10.3 Å². The summed E-state index contributed by atoms with van der Waals surface area (Å²) >= 11 is 0. The number of carbonyl (C=O) groups excluding carboxylic acids is 1. The maximum absolute atomic E-state index is 11.4. The van der Waals surface area contributed by atoms with Crippen molar-refractivity contribution in [3.63, 3.8) is 0 Å². The van der Waals surface area contributed by atoms with Crippen LogP contribution in [0.2, 0.25) is 0 Å². The number of ether oxygens (including phenoxy) is 2. The molecular weight excluding hydrogens is 208 g/mol. The second kappa shape index (κ2) is 5.95. The fraction of sp³-hybridized carbons (Fsp3) is 0.455. The molecule has 0 aliphatic carbocycles. The quantitative estimate of drug-likeness (QED) is 0.767. The molecule has 0 aliphatic heterocycles. The summed E-state index contributed by atoms with van der Waals surface area (Å²) in [6.07, 6.45) is 1.61. The zero-order chi connectivity index (χ0) is 12.0. The summed E-state index contributed by atoms with van der Waals surface area (Å²) in [5.74, 6) is 0.222. The molecule has 88 valence electrons. The number of methoxy groups -OCH3 is 1. The molecule has 1 atom stereocenters. The van der Waals surface area contributed by atoms with E-state index < -0.39 is 6.04 Å². The van der Waals surface area contributed by atoms with Crippen LogP contribution >= 0.6 is 0 Å². The van der Waals surface area contributed by atoms with E-state index in [1.165, 1.54) is 0 Å². The fourth-order valence-electron chi connectivity index (χ4n) is 1.19. The van der Waals surface area contributed by atoms with Crippen LogP contribution in [0.4, 0.5) is 5.69 Å². The molecule has 0 spiro atoms. The van der Waals surface area contributed by atoms with Gasteiger partial charge in [0.15, 0.2) is 0 Å². The second-order valence-corrected chi connectivity index (χ2v) is 3.20. The Morgan fingerprint density at radius 1 is 1.62 bits per heavy atom. The molecule has 5 nitrogen and oxygen atoms in total. The number of hydrogen-bond acceptors (Lipinski definition) is 5. The lowest BCUT2D eigenvalue weighted by Gasteiger charge is -2.13. The predicted molar refractivity (Wildman–Crippen MR) is 60.5 cm³/mol. The highest BCUT2D eigenvalue weighted by molar-refractivity contribution is 5.78. The number of hydrogen-bond donors (Lipinski definition) is 1. The number of pyridine rings is 1. The smallest absolute Gasteiger partial charge is 0.328 e. The molecule has 1 N–H and O–H groups in total. The molecule has 0 saturated carbocycles. The van der Waals surface area contributed by atoms with Gasteiger partial charge in [-0.1, -0.05) is 0 Å². The van der Waals surface area contributed by atoms with Crippen LogP contribution in [0.15, 0.2) is 18.3 Å². The lowest BCUT2D eigenvalue weighted by atomic mass is 10.3. The van der Waals surface area contributed by atoms with Gasteiger partial charge in [-0.15, -0.1) is 0 Å². The lowest BCUT2D eigenvalue weighted by molar-refractivity contribution is -0.143. The van der Waals surface area contributed by atoms with Gasteiger partial charge in [-0.05, 0) is 19.9 Å². The van der Waals surface area contributed by atoms with Crippen molar-refractivity contribution >= 4 is 11.7 Å². The van der Waals surface area contributed by atoms with E-state index in [1.807, 2.05) is 0 Å². The Bertz CT molecular complexity index is 355. The SMILES string of the molecule is CCOC(=O)C(C)Nc1ccnc(OC)c1. The summed E-state index contributed by atoms with van der Waals surface area (Å²) in [5, 5.41) is 3.01. The van der Waals surface area contributed by atoms with Gasteiger partial charge in [-0.3, -0.25) is 0 Å². The van der Waals surface area contributed by atoms with Crippen molar-refractivity contribution in [2.45, 2.75) is 19.9 Å². The molecule has 0 fully saturated rings. The molecular formula is C11H16N2O3. The van der Waals surface area contributed by atoms with Gasteiger partial charge >= 0.3 is 5.97 Å². The molecule has 1 aromatic rings. The molecule has 1 rings (SSSR count). The average molecular weight is 224 g/mol. The third-order valence-corrected chi connectivity index (χ3v) is 1.97. The molecule has 0 radical (unpaired) electrons. The van der Waals surface area contributed by atoms with Crippen LogP contribution in [-0.2, 0) is 9.53 Å². The van der Waals surface area contributed by atoms with Crippen LogP contribution in [0, 0.1) is 0 Å².